The molecule has 2 unspecified atom stereocenters. The number of halogens is 3. The van der Waals surface area contributed by atoms with Gasteiger partial charge in [-0.3, -0.25) is 14.6 Å². The van der Waals surface area contributed by atoms with Crippen LogP contribution in [0.2, 0.25) is 0 Å². The monoisotopic (exact) mass is 580 g/mol. The maximum atomic E-state index is 13.4. The Morgan fingerprint density at radius 2 is 1.62 bits per heavy atom. The van der Waals surface area contributed by atoms with Crippen molar-refractivity contribution in [2.24, 2.45) is 0 Å². The second kappa shape index (κ2) is 11.7. The highest BCUT2D eigenvalue weighted by molar-refractivity contribution is 5.96. The molecule has 2 atom stereocenters. The van der Waals surface area contributed by atoms with Crippen molar-refractivity contribution in [1.29, 1.82) is 0 Å². The zero-order chi connectivity index (χ0) is 30.2. The molecular weight excluding hydrogens is 541 g/mol. The molecule has 2 aliphatic heterocycles. The number of alkyl halides is 3. The Morgan fingerprint density at radius 1 is 0.976 bits per heavy atom. The number of carbonyl (C=O) groups excluding carboxylic acids is 1. The molecule has 2 aromatic carbocycles. The van der Waals surface area contributed by atoms with E-state index in [-0.39, 0.29) is 23.5 Å². The topological polar surface area (TPSA) is 53.7 Å². The van der Waals surface area contributed by atoms with Crippen LogP contribution in [0, 0.1) is 19.1 Å². The first-order valence-corrected chi connectivity index (χ1v) is 14.6. The quantitative estimate of drug-likeness (QED) is 0.272. The molecule has 5 rings (SSSR count). The van der Waals surface area contributed by atoms with E-state index in [0.717, 1.165) is 48.3 Å². The Bertz CT molecular complexity index is 1400. The van der Waals surface area contributed by atoms with Crippen LogP contribution in [-0.2, 0) is 6.18 Å². The summed E-state index contributed by atoms with van der Waals surface area (Å²) in [6, 6.07) is 17.5. The van der Waals surface area contributed by atoms with E-state index in [1.807, 2.05) is 30.0 Å². The molecule has 0 aliphatic carbocycles. The van der Waals surface area contributed by atoms with Gasteiger partial charge in [-0.2, -0.15) is 17.9 Å². The first-order valence-electron chi connectivity index (χ1n) is 14.6. The van der Waals surface area contributed by atoms with Gasteiger partial charge in [0.05, 0.1) is 5.56 Å². The van der Waals surface area contributed by atoms with Gasteiger partial charge >= 0.3 is 6.18 Å². The molecule has 2 aliphatic rings. The van der Waals surface area contributed by atoms with Crippen molar-refractivity contribution in [1.82, 2.24) is 14.7 Å². The van der Waals surface area contributed by atoms with Gasteiger partial charge in [0.15, 0.2) is 6.20 Å². The predicted molar refractivity (Wildman–Crippen MR) is 156 cm³/mol. The van der Waals surface area contributed by atoms with Crippen molar-refractivity contribution in [3.63, 3.8) is 0 Å². The van der Waals surface area contributed by atoms with Crippen LogP contribution in [0.25, 0.3) is 0 Å². The van der Waals surface area contributed by atoms with Gasteiger partial charge in [-0.05, 0) is 62.4 Å². The van der Waals surface area contributed by atoms with Gasteiger partial charge in [0, 0.05) is 63.3 Å². The smallest absolute Gasteiger partial charge is 0.416 e. The van der Waals surface area contributed by atoms with Crippen LogP contribution in [0.3, 0.4) is 0 Å². The van der Waals surface area contributed by atoms with Crippen LogP contribution in [0.4, 0.5) is 13.2 Å². The van der Waals surface area contributed by atoms with Crippen LogP contribution in [0.1, 0.15) is 77.1 Å². The molecule has 3 heterocycles. The summed E-state index contributed by atoms with van der Waals surface area (Å²) < 4.78 is 40.3. The third-order valence-electron chi connectivity index (χ3n) is 9.48. The van der Waals surface area contributed by atoms with E-state index < -0.39 is 11.7 Å². The lowest BCUT2D eigenvalue weighted by Crippen LogP contribution is -2.60. The highest BCUT2D eigenvalue weighted by atomic mass is 19.4. The molecule has 42 heavy (non-hydrogen) atoms. The summed E-state index contributed by atoms with van der Waals surface area (Å²) in [5.74, 6) is -0.0883. The van der Waals surface area contributed by atoms with Gasteiger partial charge < -0.3 is 10.1 Å². The van der Waals surface area contributed by atoms with E-state index in [1.54, 1.807) is 25.1 Å². The average Bonchev–Trinajstić information content (AvgIpc) is 2.99. The minimum atomic E-state index is -4.35. The zero-order valence-corrected chi connectivity index (χ0v) is 24.7. The third kappa shape index (κ3) is 5.90. The first-order chi connectivity index (χ1) is 19.9. The number of piperidine rings is 1. The van der Waals surface area contributed by atoms with Crippen molar-refractivity contribution >= 4 is 5.91 Å². The summed E-state index contributed by atoms with van der Waals surface area (Å²) in [6.45, 7) is 11.5. The molecule has 0 radical (unpaired) electrons. The number of rotatable bonds is 5. The minimum Gasteiger partial charge on any atom is -0.618 e. The molecule has 0 bridgehead atoms. The molecule has 1 aromatic heterocycles. The summed E-state index contributed by atoms with van der Waals surface area (Å²) in [4.78, 5) is 20.2. The highest BCUT2D eigenvalue weighted by Crippen LogP contribution is 2.39. The Kier molecular flexibility index (Phi) is 8.36. The molecule has 224 valence electrons. The van der Waals surface area contributed by atoms with E-state index in [1.165, 1.54) is 23.9 Å². The van der Waals surface area contributed by atoms with Crippen LogP contribution >= 0.6 is 0 Å². The zero-order valence-electron chi connectivity index (χ0n) is 24.7. The number of carbonyl (C=O) groups is 1. The van der Waals surface area contributed by atoms with E-state index in [2.05, 4.69) is 35.8 Å². The fourth-order valence-corrected chi connectivity index (χ4v) is 6.62. The third-order valence-corrected chi connectivity index (χ3v) is 9.48. The summed E-state index contributed by atoms with van der Waals surface area (Å²) in [5.41, 5.74) is 3.03. The number of hydrogen-bond donors (Lipinski definition) is 0. The molecule has 1 amide bonds. The molecule has 2 saturated heterocycles. The minimum absolute atomic E-state index is 0.0620. The Morgan fingerprint density at radius 3 is 2.24 bits per heavy atom. The van der Waals surface area contributed by atoms with E-state index in [0.29, 0.717) is 24.3 Å². The second-order valence-corrected chi connectivity index (χ2v) is 12.0. The molecule has 9 heteroatoms. The standard InChI is InChI=1S/C33H39F3N4O2/c1-23-14-17-40(42)25(3)30(23)31(41)37-18-15-32(4,16-19-37)38-20-21-39(29(22-38)27-8-6-5-7-9-27)24(2)26-10-12-28(13-11-26)33(34,35)36/h5-14,17,24,29H,15-16,18-22H2,1-4H3. The molecule has 0 N–H and O–H groups in total. The van der Waals surface area contributed by atoms with Gasteiger partial charge in [-0.1, -0.05) is 42.5 Å². The largest absolute Gasteiger partial charge is 0.618 e. The van der Waals surface area contributed by atoms with E-state index in [4.69, 9.17) is 0 Å². The van der Waals surface area contributed by atoms with Gasteiger partial charge in [0.2, 0.25) is 5.69 Å². The lowest BCUT2D eigenvalue weighted by molar-refractivity contribution is -0.612. The van der Waals surface area contributed by atoms with Crippen LogP contribution in [0.15, 0.2) is 66.9 Å². The predicted octanol–water partition coefficient (Wildman–Crippen LogP) is 6.07. The number of nitrogens with zero attached hydrogens (tertiary/aromatic N) is 4. The summed E-state index contributed by atoms with van der Waals surface area (Å²) in [7, 11) is 0. The van der Waals surface area contributed by atoms with Crippen molar-refractivity contribution in [2.75, 3.05) is 32.7 Å². The van der Waals surface area contributed by atoms with Crippen molar-refractivity contribution in [3.8, 4) is 0 Å². The fraction of sp³-hybridized carbons (Fsp3) is 0.455. The molecular formula is C33H39F3N4O2. The second-order valence-electron chi connectivity index (χ2n) is 12.0. The van der Waals surface area contributed by atoms with Gasteiger partial charge in [0.1, 0.15) is 5.56 Å². The molecule has 0 saturated carbocycles. The number of aromatic nitrogens is 1. The van der Waals surface area contributed by atoms with E-state index >= 15 is 0 Å². The number of pyridine rings is 1. The average molecular weight is 581 g/mol. The lowest BCUT2D eigenvalue weighted by Gasteiger charge is -2.53. The van der Waals surface area contributed by atoms with Crippen molar-refractivity contribution < 1.29 is 22.7 Å². The molecule has 2 fully saturated rings. The fourth-order valence-electron chi connectivity index (χ4n) is 6.62. The normalized spacial score (nSPS) is 20.8. The Balaban J connectivity index is 1.32. The van der Waals surface area contributed by atoms with E-state index in [9.17, 15) is 23.2 Å². The van der Waals surface area contributed by atoms with Crippen LogP contribution in [-0.4, -0.2) is 58.9 Å². The maximum Gasteiger partial charge on any atom is 0.416 e. The van der Waals surface area contributed by atoms with Gasteiger partial charge in [0.25, 0.3) is 5.91 Å². The van der Waals surface area contributed by atoms with Crippen LogP contribution < -0.4 is 4.73 Å². The van der Waals surface area contributed by atoms with Crippen LogP contribution in [0.5, 0.6) is 0 Å². The van der Waals surface area contributed by atoms with Gasteiger partial charge in [-0.15, -0.1) is 0 Å². The maximum absolute atomic E-state index is 13.4. The molecule has 3 aromatic rings. The summed E-state index contributed by atoms with van der Waals surface area (Å²) >= 11 is 0. The lowest BCUT2D eigenvalue weighted by atomic mass is 9.85. The van der Waals surface area contributed by atoms with Crippen molar-refractivity contribution in [3.05, 3.63) is 106 Å². The molecule has 6 nitrogen and oxygen atoms in total. The Hall–Kier alpha value is -3.43. The number of piperazine rings is 1. The molecule has 0 spiro atoms. The number of aryl methyl sites for hydroxylation is 1. The number of hydrogen-bond acceptors (Lipinski definition) is 4. The number of likely N-dealkylation sites (tertiary alicyclic amines) is 1. The summed E-state index contributed by atoms with van der Waals surface area (Å²) in [6.07, 6.45) is -1.28. The Labute approximate surface area is 245 Å². The summed E-state index contributed by atoms with van der Waals surface area (Å²) in [5, 5.41) is 12.1. The SMILES string of the molecule is Cc1cc[n+]([O-])c(C)c1C(=O)N1CCC(C)(N2CCN(C(C)c3ccc(C(F)(F)F)cc3)C(c3ccccc3)C2)CC1. The van der Waals surface area contributed by atoms with Crippen molar-refractivity contribution in [2.45, 2.75) is 64.3 Å². The number of benzene rings is 2. The highest BCUT2D eigenvalue weighted by Gasteiger charge is 2.42. The first kappa shape index (κ1) is 30.0. The van der Waals surface area contributed by atoms with Gasteiger partial charge in [-0.25, -0.2) is 0 Å². The number of amides is 1.